The molecule has 0 aromatic carbocycles. The molecule has 4 aliphatic rings. The Balaban J connectivity index is 1.78. The van der Waals surface area contributed by atoms with E-state index in [1.54, 1.807) is 0 Å². The van der Waals surface area contributed by atoms with Crippen molar-refractivity contribution in [2.24, 2.45) is 17.8 Å². The molecule has 0 heterocycles. The highest BCUT2D eigenvalue weighted by molar-refractivity contribution is 5.10. The fourth-order valence-electron chi connectivity index (χ4n) is 4.79. The summed E-state index contributed by atoms with van der Waals surface area (Å²) in [5.41, 5.74) is 0.431. The SMILES string of the molecule is C#CC(C)NC12CC3CC(CC(C3)C1)C2. The Morgan fingerprint density at radius 2 is 1.60 bits per heavy atom. The van der Waals surface area contributed by atoms with E-state index in [1.807, 2.05) is 0 Å². The van der Waals surface area contributed by atoms with Crippen LogP contribution in [0, 0.1) is 30.1 Å². The Kier molecular flexibility index (Phi) is 2.11. The molecular weight excluding hydrogens is 182 g/mol. The van der Waals surface area contributed by atoms with E-state index in [1.165, 1.54) is 38.5 Å². The summed E-state index contributed by atoms with van der Waals surface area (Å²) in [5.74, 6) is 5.85. The van der Waals surface area contributed by atoms with Crippen LogP contribution in [0.3, 0.4) is 0 Å². The van der Waals surface area contributed by atoms with Crippen molar-refractivity contribution in [3.8, 4) is 12.3 Å². The van der Waals surface area contributed by atoms with E-state index in [2.05, 4.69) is 18.2 Å². The third-order valence-electron chi connectivity index (χ3n) is 4.81. The van der Waals surface area contributed by atoms with Crippen LogP contribution in [0.4, 0.5) is 0 Å². The van der Waals surface area contributed by atoms with Crippen LogP contribution in [-0.2, 0) is 0 Å². The van der Waals surface area contributed by atoms with E-state index in [0.29, 0.717) is 5.54 Å². The predicted molar refractivity (Wildman–Crippen MR) is 62.3 cm³/mol. The van der Waals surface area contributed by atoms with Gasteiger partial charge in [-0.2, -0.15) is 0 Å². The van der Waals surface area contributed by atoms with Crippen LogP contribution in [-0.4, -0.2) is 11.6 Å². The third kappa shape index (κ3) is 1.60. The monoisotopic (exact) mass is 203 g/mol. The van der Waals surface area contributed by atoms with E-state index < -0.39 is 0 Å². The number of nitrogens with one attached hydrogen (secondary N) is 1. The van der Waals surface area contributed by atoms with Crippen LogP contribution in [0.25, 0.3) is 0 Å². The maximum atomic E-state index is 5.49. The summed E-state index contributed by atoms with van der Waals surface area (Å²) in [7, 11) is 0. The average Bonchev–Trinajstić information content (AvgIpc) is 2.14. The quantitative estimate of drug-likeness (QED) is 0.680. The fourth-order valence-corrected chi connectivity index (χ4v) is 4.79. The minimum atomic E-state index is 0.251. The van der Waals surface area contributed by atoms with Gasteiger partial charge in [-0.25, -0.2) is 0 Å². The van der Waals surface area contributed by atoms with Gasteiger partial charge in [-0.15, -0.1) is 6.42 Å². The Morgan fingerprint density at radius 1 is 1.13 bits per heavy atom. The molecule has 15 heavy (non-hydrogen) atoms. The summed E-state index contributed by atoms with van der Waals surface area (Å²) in [6.45, 7) is 2.12. The van der Waals surface area contributed by atoms with Crippen molar-refractivity contribution in [1.82, 2.24) is 5.32 Å². The van der Waals surface area contributed by atoms with Crippen LogP contribution in [0.5, 0.6) is 0 Å². The highest BCUT2D eigenvalue weighted by Crippen LogP contribution is 2.55. The molecule has 1 N–H and O–H groups in total. The second kappa shape index (κ2) is 3.25. The molecule has 4 aliphatic carbocycles. The van der Waals surface area contributed by atoms with E-state index >= 15 is 0 Å². The van der Waals surface area contributed by atoms with Gasteiger partial charge in [-0.05, 0) is 63.2 Å². The molecule has 0 aromatic rings. The van der Waals surface area contributed by atoms with E-state index in [9.17, 15) is 0 Å². The van der Waals surface area contributed by atoms with Crippen molar-refractivity contribution in [2.75, 3.05) is 0 Å². The molecule has 0 saturated heterocycles. The van der Waals surface area contributed by atoms with Crippen molar-refractivity contribution in [1.29, 1.82) is 0 Å². The lowest BCUT2D eigenvalue weighted by atomic mass is 9.53. The first-order valence-electron chi connectivity index (χ1n) is 6.43. The van der Waals surface area contributed by atoms with Crippen LogP contribution >= 0.6 is 0 Å². The molecule has 4 bridgehead atoms. The average molecular weight is 203 g/mol. The summed E-state index contributed by atoms with van der Waals surface area (Å²) in [6.07, 6.45) is 14.2. The Morgan fingerprint density at radius 3 is 2.00 bits per heavy atom. The molecule has 1 atom stereocenters. The predicted octanol–water partition coefficient (Wildman–Crippen LogP) is 2.57. The van der Waals surface area contributed by atoms with Crippen LogP contribution < -0.4 is 5.32 Å². The van der Waals surface area contributed by atoms with Crippen molar-refractivity contribution in [2.45, 2.75) is 57.0 Å². The maximum absolute atomic E-state index is 5.49. The van der Waals surface area contributed by atoms with Gasteiger partial charge in [0.25, 0.3) is 0 Å². The van der Waals surface area contributed by atoms with Crippen molar-refractivity contribution in [3.05, 3.63) is 0 Å². The lowest BCUT2D eigenvalue weighted by molar-refractivity contribution is -0.0216. The van der Waals surface area contributed by atoms with E-state index in [4.69, 9.17) is 6.42 Å². The van der Waals surface area contributed by atoms with Gasteiger partial charge in [0.1, 0.15) is 0 Å². The van der Waals surface area contributed by atoms with Crippen LogP contribution in [0.1, 0.15) is 45.4 Å². The molecule has 1 nitrogen and oxygen atoms in total. The first-order valence-corrected chi connectivity index (χ1v) is 6.43. The molecule has 82 valence electrons. The zero-order chi connectivity index (χ0) is 10.5. The van der Waals surface area contributed by atoms with E-state index in [0.717, 1.165) is 17.8 Å². The summed E-state index contributed by atoms with van der Waals surface area (Å²) >= 11 is 0. The molecule has 4 fully saturated rings. The van der Waals surface area contributed by atoms with Gasteiger partial charge in [-0.3, -0.25) is 5.32 Å². The second-order valence-electron chi connectivity index (χ2n) is 6.23. The van der Waals surface area contributed by atoms with Crippen molar-refractivity contribution in [3.63, 3.8) is 0 Å². The molecule has 4 saturated carbocycles. The highest BCUT2D eigenvalue weighted by atomic mass is 15.0. The van der Waals surface area contributed by atoms with Crippen LogP contribution in [0.2, 0.25) is 0 Å². The number of terminal acetylenes is 1. The summed E-state index contributed by atoms with van der Waals surface area (Å²) in [4.78, 5) is 0. The van der Waals surface area contributed by atoms with Gasteiger partial charge in [0.05, 0.1) is 6.04 Å². The first-order chi connectivity index (χ1) is 7.19. The largest absolute Gasteiger partial charge is 0.298 e. The van der Waals surface area contributed by atoms with Crippen LogP contribution in [0.15, 0.2) is 0 Å². The maximum Gasteiger partial charge on any atom is 0.0662 e. The van der Waals surface area contributed by atoms with Gasteiger partial charge < -0.3 is 0 Å². The standard InChI is InChI=1S/C14H21N/c1-3-10(2)15-14-7-11-4-12(8-14)6-13(5-11)9-14/h1,10-13,15H,4-9H2,2H3. The fraction of sp³-hybridized carbons (Fsp3) is 0.857. The van der Waals surface area contributed by atoms with Crippen molar-refractivity contribution < 1.29 is 0 Å². The minimum Gasteiger partial charge on any atom is -0.298 e. The smallest absolute Gasteiger partial charge is 0.0662 e. The zero-order valence-corrected chi connectivity index (χ0v) is 9.63. The van der Waals surface area contributed by atoms with E-state index in [-0.39, 0.29) is 6.04 Å². The van der Waals surface area contributed by atoms with Gasteiger partial charge in [0.15, 0.2) is 0 Å². The topological polar surface area (TPSA) is 12.0 Å². The van der Waals surface area contributed by atoms with Gasteiger partial charge in [0.2, 0.25) is 0 Å². The highest BCUT2D eigenvalue weighted by Gasteiger charge is 2.50. The molecule has 1 heteroatoms. The number of rotatable bonds is 2. The van der Waals surface area contributed by atoms with Crippen molar-refractivity contribution >= 4 is 0 Å². The molecule has 0 aromatic heterocycles. The Labute approximate surface area is 93.0 Å². The molecule has 0 amide bonds. The molecule has 1 unspecified atom stereocenters. The summed E-state index contributed by atoms with van der Waals surface area (Å²) in [6, 6.07) is 0.251. The van der Waals surface area contributed by atoms with Gasteiger partial charge in [-0.1, -0.05) is 5.92 Å². The minimum absolute atomic E-state index is 0.251. The second-order valence-corrected chi connectivity index (χ2v) is 6.23. The van der Waals surface area contributed by atoms with Gasteiger partial charge >= 0.3 is 0 Å². The molecule has 0 aliphatic heterocycles. The number of hydrogen-bond acceptors (Lipinski definition) is 1. The lowest BCUT2D eigenvalue weighted by Gasteiger charge is -2.57. The lowest BCUT2D eigenvalue weighted by Crippen LogP contribution is -2.60. The Hall–Kier alpha value is -0.480. The molecule has 4 rings (SSSR count). The number of hydrogen-bond donors (Lipinski definition) is 1. The summed E-state index contributed by atoms with van der Waals surface area (Å²) in [5, 5.41) is 3.74. The normalized spacial score (nSPS) is 48.9. The first kappa shape index (κ1) is 9.73. The molecule has 0 spiro atoms. The Bertz CT molecular complexity index is 264. The van der Waals surface area contributed by atoms with Gasteiger partial charge in [0, 0.05) is 5.54 Å². The third-order valence-corrected chi connectivity index (χ3v) is 4.81. The summed E-state index contributed by atoms with van der Waals surface area (Å²) < 4.78 is 0. The molecular formula is C14H21N. The molecule has 0 radical (unpaired) electrons. The zero-order valence-electron chi connectivity index (χ0n) is 9.63.